The van der Waals surface area contributed by atoms with Gasteiger partial charge in [0.25, 0.3) is 0 Å². The number of aromatic amines is 1. The Morgan fingerprint density at radius 2 is 2.00 bits per heavy atom. The van der Waals surface area contributed by atoms with Crippen molar-refractivity contribution in [3.8, 4) is 11.4 Å². The number of carbonyl (C=O) groups is 1. The second-order valence-corrected chi connectivity index (χ2v) is 7.92. The van der Waals surface area contributed by atoms with E-state index in [0.717, 1.165) is 11.8 Å². The monoisotopic (exact) mass is 388 g/mol. The summed E-state index contributed by atoms with van der Waals surface area (Å²) in [5.74, 6) is -1.96. The van der Waals surface area contributed by atoms with Crippen LogP contribution in [0.4, 0.5) is 14.6 Å². The zero-order chi connectivity index (χ0) is 20.6. The number of aliphatic carboxylic acids is 1. The molecule has 0 radical (unpaired) electrons. The molecule has 2 aromatic heterocycles. The largest absolute Gasteiger partial charge is 0.481 e. The molecule has 6 nitrogen and oxygen atoms in total. The number of benzene rings is 1. The fraction of sp³-hybridized carbons (Fsp3) is 0.350. The van der Waals surface area contributed by atoms with E-state index in [-0.39, 0.29) is 18.1 Å². The van der Waals surface area contributed by atoms with Crippen LogP contribution in [0.2, 0.25) is 0 Å². The Morgan fingerprint density at radius 1 is 1.29 bits per heavy atom. The van der Waals surface area contributed by atoms with Crippen LogP contribution in [0.25, 0.3) is 22.3 Å². The molecule has 0 saturated carbocycles. The number of nitrogens with zero attached hydrogens (tertiary/aromatic N) is 2. The van der Waals surface area contributed by atoms with E-state index in [9.17, 15) is 13.6 Å². The number of hydrogen-bond acceptors (Lipinski definition) is 4. The van der Waals surface area contributed by atoms with E-state index >= 15 is 0 Å². The van der Waals surface area contributed by atoms with Crippen molar-refractivity contribution in [2.45, 2.75) is 40.2 Å². The summed E-state index contributed by atoms with van der Waals surface area (Å²) in [5.41, 5.74) is 1.14. The first-order chi connectivity index (χ1) is 13.1. The summed E-state index contributed by atoms with van der Waals surface area (Å²) in [6.45, 7) is 7.36. The third kappa shape index (κ3) is 3.95. The van der Waals surface area contributed by atoms with Gasteiger partial charge in [-0.1, -0.05) is 20.8 Å². The highest BCUT2D eigenvalue weighted by atomic mass is 19.1. The Kier molecular flexibility index (Phi) is 5.06. The number of aryl methyl sites for hydroxylation is 1. The van der Waals surface area contributed by atoms with E-state index < -0.39 is 29.1 Å². The maximum absolute atomic E-state index is 14.3. The average molecular weight is 388 g/mol. The van der Waals surface area contributed by atoms with Gasteiger partial charge >= 0.3 is 5.97 Å². The van der Waals surface area contributed by atoms with Gasteiger partial charge in [-0.05, 0) is 30.0 Å². The van der Waals surface area contributed by atoms with Gasteiger partial charge in [0.05, 0.1) is 18.1 Å². The number of rotatable bonds is 5. The number of carboxylic acid groups (broad SMARTS) is 1. The van der Waals surface area contributed by atoms with Crippen molar-refractivity contribution in [1.82, 2.24) is 15.0 Å². The zero-order valence-electron chi connectivity index (χ0n) is 16.1. The highest BCUT2D eigenvalue weighted by Crippen LogP contribution is 2.31. The van der Waals surface area contributed by atoms with Crippen molar-refractivity contribution in [1.29, 1.82) is 0 Å². The maximum Gasteiger partial charge on any atom is 0.305 e. The normalized spacial score (nSPS) is 12.9. The van der Waals surface area contributed by atoms with Crippen molar-refractivity contribution in [3.05, 3.63) is 41.7 Å². The first-order valence-electron chi connectivity index (χ1n) is 8.84. The van der Waals surface area contributed by atoms with Crippen LogP contribution < -0.4 is 5.32 Å². The Hall–Kier alpha value is -3.03. The molecule has 0 aliphatic rings. The summed E-state index contributed by atoms with van der Waals surface area (Å²) in [4.78, 5) is 22.3. The molecule has 3 rings (SSSR count). The van der Waals surface area contributed by atoms with Crippen LogP contribution >= 0.6 is 0 Å². The molecule has 0 saturated heterocycles. The van der Waals surface area contributed by atoms with Gasteiger partial charge in [-0.3, -0.25) is 4.79 Å². The molecule has 0 amide bonds. The van der Waals surface area contributed by atoms with Gasteiger partial charge in [-0.15, -0.1) is 0 Å². The SMILES string of the molecule is Cc1cc(F)c2[nH]cc(-c3ncc(F)c(NC(CC(=O)O)C(C)(C)C)n3)c2c1. The fourth-order valence-corrected chi connectivity index (χ4v) is 3.02. The first kappa shape index (κ1) is 19.7. The number of fused-ring (bicyclic) bond motifs is 1. The molecule has 0 aliphatic carbocycles. The second kappa shape index (κ2) is 7.18. The molecular weight excluding hydrogens is 366 g/mol. The fourth-order valence-electron chi connectivity index (χ4n) is 3.02. The molecule has 0 bridgehead atoms. The van der Waals surface area contributed by atoms with Gasteiger partial charge in [0.1, 0.15) is 5.82 Å². The number of anilines is 1. The van der Waals surface area contributed by atoms with E-state index in [4.69, 9.17) is 5.11 Å². The smallest absolute Gasteiger partial charge is 0.305 e. The predicted molar refractivity (Wildman–Crippen MR) is 103 cm³/mol. The number of aromatic nitrogens is 3. The molecule has 0 fully saturated rings. The van der Waals surface area contributed by atoms with Crippen LogP contribution in [-0.2, 0) is 4.79 Å². The van der Waals surface area contributed by atoms with Crippen LogP contribution in [0.3, 0.4) is 0 Å². The Balaban J connectivity index is 2.04. The Bertz CT molecular complexity index is 1040. The summed E-state index contributed by atoms with van der Waals surface area (Å²) in [7, 11) is 0. The minimum atomic E-state index is -0.996. The molecule has 0 spiro atoms. The number of hydrogen-bond donors (Lipinski definition) is 3. The van der Waals surface area contributed by atoms with Gasteiger partial charge in [0.15, 0.2) is 17.5 Å². The molecule has 3 aromatic rings. The summed E-state index contributed by atoms with van der Waals surface area (Å²) >= 11 is 0. The zero-order valence-corrected chi connectivity index (χ0v) is 16.1. The van der Waals surface area contributed by atoms with Crippen LogP contribution in [-0.4, -0.2) is 32.1 Å². The van der Waals surface area contributed by atoms with Crippen LogP contribution in [0, 0.1) is 24.0 Å². The third-order valence-electron chi connectivity index (χ3n) is 4.61. The number of H-pyrrole nitrogens is 1. The second-order valence-electron chi connectivity index (χ2n) is 7.92. The Labute approximate surface area is 161 Å². The van der Waals surface area contributed by atoms with Crippen molar-refractivity contribution in [2.75, 3.05) is 5.32 Å². The number of carboxylic acids is 1. The van der Waals surface area contributed by atoms with Crippen LogP contribution in [0.1, 0.15) is 32.8 Å². The van der Waals surface area contributed by atoms with Crippen molar-refractivity contribution in [3.63, 3.8) is 0 Å². The van der Waals surface area contributed by atoms with Crippen LogP contribution in [0.15, 0.2) is 24.5 Å². The van der Waals surface area contributed by atoms with E-state index in [0.29, 0.717) is 16.5 Å². The molecule has 1 unspecified atom stereocenters. The number of nitrogens with one attached hydrogen (secondary N) is 2. The van der Waals surface area contributed by atoms with E-state index in [1.807, 2.05) is 20.8 Å². The highest BCUT2D eigenvalue weighted by molar-refractivity contribution is 5.94. The molecule has 148 valence electrons. The minimum Gasteiger partial charge on any atom is -0.481 e. The van der Waals surface area contributed by atoms with E-state index in [1.165, 1.54) is 6.07 Å². The van der Waals surface area contributed by atoms with E-state index in [2.05, 4.69) is 20.3 Å². The minimum absolute atomic E-state index is 0.0892. The molecule has 1 aromatic carbocycles. The van der Waals surface area contributed by atoms with Crippen LogP contribution in [0.5, 0.6) is 0 Å². The topological polar surface area (TPSA) is 90.9 Å². The summed E-state index contributed by atoms with van der Waals surface area (Å²) in [6, 6.07) is 2.66. The van der Waals surface area contributed by atoms with E-state index in [1.54, 1.807) is 19.2 Å². The number of halogens is 2. The van der Waals surface area contributed by atoms with Gasteiger partial charge in [0.2, 0.25) is 0 Å². The molecule has 3 N–H and O–H groups in total. The quantitative estimate of drug-likeness (QED) is 0.598. The first-order valence-corrected chi connectivity index (χ1v) is 8.84. The Morgan fingerprint density at radius 3 is 2.64 bits per heavy atom. The lowest BCUT2D eigenvalue weighted by molar-refractivity contribution is -0.137. The van der Waals surface area contributed by atoms with Crippen molar-refractivity contribution >= 4 is 22.7 Å². The molecule has 28 heavy (non-hydrogen) atoms. The molecule has 0 aliphatic heterocycles. The van der Waals surface area contributed by atoms with Gasteiger partial charge in [-0.2, -0.15) is 0 Å². The van der Waals surface area contributed by atoms with Crippen molar-refractivity contribution < 1.29 is 18.7 Å². The van der Waals surface area contributed by atoms with Crippen molar-refractivity contribution in [2.24, 2.45) is 5.41 Å². The van der Waals surface area contributed by atoms with Gasteiger partial charge < -0.3 is 15.4 Å². The molecule has 1 atom stereocenters. The highest BCUT2D eigenvalue weighted by Gasteiger charge is 2.28. The lowest BCUT2D eigenvalue weighted by atomic mass is 9.85. The van der Waals surface area contributed by atoms with Gasteiger partial charge in [-0.25, -0.2) is 18.7 Å². The molecule has 8 heteroatoms. The summed E-state index contributed by atoms with van der Waals surface area (Å²) < 4.78 is 28.5. The maximum atomic E-state index is 14.3. The summed E-state index contributed by atoms with van der Waals surface area (Å²) in [6.07, 6.45) is 2.40. The summed E-state index contributed by atoms with van der Waals surface area (Å²) in [5, 5.41) is 12.7. The predicted octanol–water partition coefficient (Wildman–Crippen LogP) is 4.51. The lowest BCUT2D eigenvalue weighted by Crippen LogP contribution is -2.36. The van der Waals surface area contributed by atoms with Gasteiger partial charge in [0, 0.05) is 23.2 Å². The lowest BCUT2D eigenvalue weighted by Gasteiger charge is -2.30. The molecule has 2 heterocycles. The molecular formula is C20H22F2N4O2. The average Bonchev–Trinajstić information content (AvgIpc) is 2.99. The standard InChI is InChI=1S/C20H22F2N4O2/c1-10-5-11-12(8-23-17(11)13(21)6-10)18-24-9-14(22)19(26-18)25-15(7-16(27)28)20(2,3)4/h5-6,8-9,15,23H,7H2,1-4H3,(H,27,28)(H,24,25,26). The third-order valence-corrected chi connectivity index (χ3v) is 4.61.